The molecule has 222 valence electrons. The van der Waals surface area contributed by atoms with E-state index in [9.17, 15) is 17.6 Å². The van der Waals surface area contributed by atoms with Gasteiger partial charge < -0.3 is 15.1 Å². The minimum atomic E-state index is -3.81. The van der Waals surface area contributed by atoms with Gasteiger partial charge in [0.2, 0.25) is 5.95 Å². The van der Waals surface area contributed by atoms with Gasteiger partial charge in [0.05, 0.1) is 10.4 Å². The van der Waals surface area contributed by atoms with Crippen LogP contribution in [0.25, 0.3) is 10.9 Å². The first-order chi connectivity index (χ1) is 20.3. The summed E-state index contributed by atoms with van der Waals surface area (Å²) in [6, 6.07) is 19.2. The first kappa shape index (κ1) is 29.7. The lowest BCUT2D eigenvalue weighted by molar-refractivity contribution is 0.154. The second kappa shape index (κ2) is 13.5. The summed E-state index contributed by atoms with van der Waals surface area (Å²) in [6.07, 6.45) is 4.63. The second-order valence-corrected chi connectivity index (χ2v) is 12.5. The molecule has 0 spiro atoms. The molecule has 1 aliphatic heterocycles. The zero-order valence-electron chi connectivity index (χ0n) is 23.8. The van der Waals surface area contributed by atoms with Gasteiger partial charge in [0.15, 0.2) is 0 Å². The summed E-state index contributed by atoms with van der Waals surface area (Å²) >= 11 is 0. The Morgan fingerprint density at radius 1 is 0.929 bits per heavy atom. The number of aromatic nitrogens is 2. The Kier molecular flexibility index (Phi) is 9.51. The highest BCUT2D eigenvalue weighted by Crippen LogP contribution is 2.27. The van der Waals surface area contributed by atoms with Gasteiger partial charge in [0, 0.05) is 69.2 Å². The molecule has 2 aromatic carbocycles. The average molecular weight is 593 g/mol. The van der Waals surface area contributed by atoms with Gasteiger partial charge in [-0.1, -0.05) is 42.5 Å². The Morgan fingerprint density at radius 3 is 2.40 bits per heavy atom. The Bertz CT molecular complexity index is 1600. The lowest BCUT2D eigenvalue weighted by Gasteiger charge is -2.32. The van der Waals surface area contributed by atoms with E-state index in [1.807, 2.05) is 23.1 Å². The molecule has 0 aliphatic carbocycles. The molecule has 0 radical (unpaired) electrons. The molecule has 0 atom stereocenters. The topological polar surface area (TPSA) is 90.8 Å². The monoisotopic (exact) mass is 592 g/mol. The van der Waals surface area contributed by atoms with E-state index in [4.69, 9.17) is 0 Å². The van der Waals surface area contributed by atoms with Crippen LogP contribution in [-0.2, 0) is 23.1 Å². The standard InChI is InChI=1S/C31H37FN6O3S/c1-35-18-20-37(21-19-35)31(39)34-15-7-8-17-36(22-25-10-9-16-33-30(25)32)23-26-24-38(29-14-6-5-13-28(26)29)42(40,41)27-11-3-2-4-12-27/h2-6,9-14,16,24H,7-8,15,17-23H2,1H3,(H,34,39). The summed E-state index contributed by atoms with van der Waals surface area (Å²) in [7, 11) is -1.76. The number of nitrogens with zero attached hydrogens (tertiary/aromatic N) is 5. The van der Waals surface area contributed by atoms with Gasteiger partial charge in [-0.3, -0.25) is 4.90 Å². The van der Waals surface area contributed by atoms with Crippen LogP contribution in [0.4, 0.5) is 9.18 Å². The summed E-state index contributed by atoms with van der Waals surface area (Å²) < 4.78 is 43.0. The Labute approximate surface area is 246 Å². The highest BCUT2D eigenvalue weighted by molar-refractivity contribution is 7.90. The highest BCUT2D eigenvalue weighted by atomic mass is 32.2. The van der Waals surface area contributed by atoms with Gasteiger partial charge in [-0.25, -0.2) is 22.2 Å². The van der Waals surface area contributed by atoms with E-state index in [1.54, 1.807) is 54.7 Å². The molecule has 0 bridgehead atoms. The molecular formula is C31H37FN6O3S. The SMILES string of the molecule is CN1CCN(C(=O)NCCCCN(Cc2cccnc2F)Cc2cn(S(=O)(=O)c3ccccc3)c3ccccc23)CC1. The van der Waals surface area contributed by atoms with Crippen molar-refractivity contribution in [2.45, 2.75) is 30.8 Å². The van der Waals surface area contributed by atoms with Crippen LogP contribution in [0.3, 0.4) is 0 Å². The van der Waals surface area contributed by atoms with Gasteiger partial charge in [-0.05, 0) is 56.3 Å². The molecule has 4 aromatic rings. The number of amides is 2. The number of benzene rings is 2. The van der Waals surface area contributed by atoms with Gasteiger partial charge in [0.25, 0.3) is 10.0 Å². The molecule has 0 saturated carbocycles. The zero-order chi connectivity index (χ0) is 29.5. The zero-order valence-corrected chi connectivity index (χ0v) is 24.6. The molecule has 0 unspecified atom stereocenters. The molecule has 9 nitrogen and oxygen atoms in total. The number of para-hydroxylation sites is 1. The van der Waals surface area contributed by atoms with Gasteiger partial charge in [0.1, 0.15) is 0 Å². The van der Waals surface area contributed by atoms with E-state index in [0.717, 1.165) is 50.0 Å². The summed E-state index contributed by atoms with van der Waals surface area (Å²) in [5, 5.41) is 3.85. The number of rotatable bonds is 11. The molecule has 2 aromatic heterocycles. The van der Waals surface area contributed by atoms with Crippen LogP contribution in [-0.4, -0.2) is 84.4 Å². The first-order valence-electron chi connectivity index (χ1n) is 14.3. The van der Waals surface area contributed by atoms with Crippen molar-refractivity contribution in [3.63, 3.8) is 0 Å². The third-order valence-corrected chi connectivity index (χ3v) is 9.34. The van der Waals surface area contributed by atoms with Crippen LogP contribution in [0.15, 0.2) is 84.0 Å². The fourth-order valence-corrected chi connectivity index (χ4v) is 6.67. The predicted octanol–water partition coefficient (Wildman–Crippen LogP) is 4.15. The van der Waals surface area contributed by atoms with Crippen LogP contribution in [0, 0.1) is 5.95 Å². The van der Waals surface area contributed by atoms with Crippen molar-refractivity contribution in [1.82, 2.24) is 29.0 Å². The highest BCUT2D eigenvalue weighted by Gasteiger charge is 2.23. The fraction of sp³-hybridized carbons (Fsp3) is 0.355. The molecule has 11 heteroatoms. The molecule has 3 heterocycles. The van der Waals surface area contributed by atoms with Crippen molar-refractivity contribution in [1.29, 1.82) is 0 Å². The first-order valence-corrected chi connectivity index (χ1v) is 15.7. The number of carbonyl (C=O) groups is 1. The van der Waals surface area contributed by atoms with E-state index < -0.39 is 16.0 Å². The van der Waals surface area contributed by atoms with Crippen LogP contribution in [0.1, 0.15) is 24.0 Å². The number of carbonyl (C=O) groups excluding carboxylic acids is 1. The molecule has 1 saturated heterocycles. The van der Waals surface area contributed by atoms with E-state index >= 15 is 0 Å². The molecule has 1 fully saturated rings. The van der Waals surface area contributed by atoms with Gasteiger partial charge in [-0.15, -0.1) is 0 Å². The molecule has 1 aliphatic rings. The van der Waals surface area contributed by atoms with Crippen LogP contribution in [0.2, 0.25) is 0 Å². The number of hydrogen-bond donors (Lipinski definition) is 1. The Hall–Kier alpha value is -3.80. The number of hydrogen-bond acceptors (Lipinski definition) is 6. The summed E-state index contributed by atoms with van der Waals surface area (Å²) in [5.41, 5.74) is 1.90. The number of likely N-dealkylation sites (N-methyl/N-ethyl adjacent to an activating group) is 1. The molecule has 5 rings (SSSR count). The largest absolute Gasteiger partial charge is 0.338 e. The van der Waals surface area contributed by atoms with E-state index in [2.05, 4.69) is 27.1 Å². The van der Waals surface area contributed by atoms with Crippen molar-refractivity contribution in [2.24, 2.45) is 0 Å². The summed E-state index contributed by atoms with van der Waals surface area (Å²) in [6.45, 7) is 5.10. The third kappa shape index (κ3) is 6.97. The van der Waals surface area contributed by atoms with Crippen molar-refractivity contribution >= 4 is 27.0 Å². The number of fused-ring (bicyclic) bond motifs is 1. The van der Waals surface area contributed by atoms with E-state index in [0.29, 0.717) is 37.3 Å². The second-order valence-electron chi connectivity index (χ2n) is 10.7. The number of nitrogens with one attached hydrogen (secondary N) is 1. The smallest absolute Gasteiger partial charge is 0.317 e. The number of unbranched alkanes of at least 4 members (excludes halogenated alkanes) is 1. The van der Waals surface area contributed by atoms with Crippen molar-refractivity contribution in [3.05, 3.63) is 96.2 Å². The fourth-order valence-electron chi connectivity index (χ4n) is 5.26. The van der Waals surface area contributed by atoms with Crippen molar-refractivity contribution < 1.29 is 17.6 Å². The maximum Gasteiger partial charge on any atom is 0.317 e. The average Bonchev–Trinajstić information content (AvgIpc) is 3.38. The maximum absolute atomic E-state index is 14.5. The molecular weight excluding hydrogens is 555 g/mol. The minimum Gasteiger partial charge on any atom is -0.338 e. The predicted molar refractivity (Wildman–Crippen MR) is 161 cm³/mol. The van der Waals surface area contributed by atoms with Gasteiger partial charge >= 0.3 is 6.03 Å². The van der Waals surface area contributed by atoms with Crippen LogP contribution in [0.5, 0.6) is 0 Å². The molecule has 2 amide bonds. The normalized spacial score (nSPS) is 14.5. The third-order valence-electron chi connectivity index (χ3n) is 7.65. The van der Waals surface area contributed by atoms with Crippen LogP contribution < -0.4 is 5.32 Å². The lowest BCUT2D eigenvalue weighted by atomic mass is 10.1. The van der Waals surface area contributed by atoms with E-state index in [-0.39, 0.29) is 10.9 Å². The quantitative estimate of drug-likeness (QED) is 0.208. The number of urea groups is 1. The Morgan fingerprint density at radius 2 is 1.64 bits per heavy atom. The number of pyridine rings is 1. The van der Waals surface area contributed by atoms with Gasteiger partial charge in [-0.2, -0.15) is 4.39 Å². The van der Waals surface area contributed by atoms with Crippen molar-refractivity contribution in [3.8, 4) is 0 Å². The summed E-state index contributed by atoms with van der Waals surface area (Å²) in [4.78, 5) is 22.7. The Balaban J connectivity index is 1.30. The van der Waals surface area contributed by atoms with E-state index in [1.165, 1.54) is 10.2 Å². The number of halogens is 1. The molecule has 1 N–H and O–H groups in total. The maximum atomic E-state index is 14.5. The minimum absolute atomic E-state index is 0.0372. The van der Waals surface area contributed by atoms with Crippen molar-refractivity contribution in [2.75, 3.05) is 46.3 Å². The summed E-state index contributed by atoms with van der Waals surface area (Å²) in [5.74, 6) is -0.518. The lowest BCUT2D eigenvalue weighted by Crippen LogP contribution is -2.50. The molecule has 42 heavy (non-hydrogen) atoms. The van der Waals surface area contributed by atoms with Crippen LogP contribution >= 0.6 is 0 Å². The number of piperazine rings is 1.